The van der Waals surface area contributed by atoms with E-state index in [1.807, 2.05) is 6.92 Å². The number of ether oxygens (including phenoxy) is 1. The van der Waals surface area contributed by atoms with Gasteiger partial charge in [-0.1, -0.05) is 6.58 Å². The Morgan fingerprint density at radius 2 is 1.94 bits per heavy atom. The number of hydrogen-bond acceptors (Lipinski definition) is 3. The van der Waals surface area contributed by atoms with Crippen LogP contribution in [0.4, 0.5) is 0 Å². The molecule has 0 heterocycles. The highest BCUT2D eigenvalue weighted by atomic mass is 16.5. The second-order valence-electron chi connectivity index (χ2n) is 3.92. The lowest BCUT2D eigenvalue weighted by atomic mass is 10.2. The zero-order valence-corrected chi connectivity index (χ0v) is 10.2. The van der Waals surface area contributed by atoms with E-state index in [1.165, 1.54) is 0 Å². The van der Waals surface area contributed by atoms with E-state index < -0.39 is 5.91 Å². The summed E-state index contributed by atoms with van der Waals surface area (Å²) in [6.45, 7) is 5.85. The monoisotopic (exact) mass is 248 g/mol. The summed E-state index contributed by atoms with van der Waals surface area (Å²) in [6.07, 6.45) is 0. The zero-order chi connectivity index (χ0) is 13.5. The van der Waals surface area contributed by atoms with Crippen LogP contribution in [0.1, 0.15) is 17.3 Å². The van der Waals surface area contributed by atoms with Gasteiger partial charge in [-0.25, -0.2) is 0 Å². The van der Waals surface area contributed by atoms with Crippen molar-refractivity contribution >= 4 is 11.8 Å². The Bertz CT molecular complexity index is 452. The van der Waals surface area contributed by atoms with Gasteiger partial charge in [0.1, 0.15) is 12.4 Å². The van der Waals surface area contributed by atoms with Crippen LogP contribution in [0.15, 0.2) is 36.4 Å². The fraction of sp³-hybridized carbons (Fsp3) is 0.231. The Morgan fingerprint density at radius 3 is 2.44 bits per heavy atom. The number of benzene rings is 1. The summed E-state index contributed by atoms with van der Waals surface area (Å²) in [4.78, 5) is 22.1. The van der Waals surface area contributed by atoms with Crippen LogP contribution in [0.3, 0.4) is 0 Å². The molecule has 0 aliphatic heterocycles. The summed E-state index contributed by atoms with van der Waals surface area (Å²) in [5.41, 5.74) is 6.29. The average molecular weight is 248 g/mol. The molecule has 0 radical (unpaired) electrons. The predicted molar refractivity (Wildman–Crippen MR) is 68.3 cm³/mol. The van der Waals surface area contributed by atoms with Crippen molar-refractivity contribution in [3.8, 4) is 5.75 Å². The molecule has 0 aromatic heterocycles. The molecule has 1 rings (SSSR count). The molecular weight excluding hydrogens is 232 g/mol. The maximum atomic E-state index is 11.6. The summed E-state index contributed by atoms with van der Waals surface area (Å²) < 4.78 is 5.39. The standard InChI is InChI=1S/C13H16N2O3/c1-9(2)8-18-11-5-3-10(4-6-11)13(17)15-7-12(14)16/h3-6H,1,7-8H2,2H3,(H2,14,16)(H,15,17). The molecule has 0 aliphatic carbocycles. The van der Waals surface area contributed by atoms with Crippen LogP contribution in [-0.4, -0.2) is 25.0 Å². The van der Waals surface area contributed by atoms with E-state index in [-0.39, 0.29) is 12.5 Å². The zero-order valence-electron chi connectivity index (χ0n) is 10.2. The third-order valence-corrected chi connectivity index (χ3v) is 2.02. The van der Waals surface area contributed by atoms with Crippen LogP contribution < -0.4 is 15.8 Å². The molecule has 0 atom stereocenters. The molecule has 0 aliphatic rings. The highest BCUT2D eigenvalue weighted by Crippen LogP contribution is 2.12. The van der Waals surface area contributed by atoms with E-state index in [2.05, 4.69) is 11.9 Å². The van der Waals surface area contributed by atoms with E-state index in [0.717, 1.165) is 5.57 Å². The lowest BCUT2D eigenvalue weighted by Crippen LogP contribution is -2.33. The third kappa shape index (κ3) is 4.69. The van der Waals surface area contributed by atoms with Gasteiger partial charge in [0, 0.05) is 5.56 Å². The van der Waals surface area contributed by atoms with Crippen molar-refractivity contribution in [1.29, 1.82) is 0 Å². The first-order valence-corrected chi connectivity index (χ1v) is 5.43. The highest BCUT2D eigenvalue weighted by Gasteiger charge is 2.06. The molecular formula is C13H16N2O3. The second kappa shape index (κ2) is 6.44. The second-order valence-corrected chi connectivity index (χ2v) is 3.92. The van der Waals surface area contributed by atoms with E-state index in [4.69, 9.17) is 10.5 Å². The Morgan fingerprint density at radius 1 is 1.33 bits per heavy atom. The highest BCUT2D eigenvalue weighted by molar-refractivity contribution is 5.96. The van der Waals surface area contributed by atoms with Crippen LogP contribution in [0, 0.1) is 0 Å². The van der Waals surface area contributed by atoms with Gasteiger partial charge < -0.3 is 15.8 Å². The van der Waals surface area contributed by atoms with Gasteiger partial charge in [0.15, 0.2) is 0 Å². The van der Waals surface area contributed by atoms with Crippen LogP contribution in [0.5, 0.6) is 5.75 Å². The Hall–Kier alpha value is -2.30. The van der Waals surface area contributed by atoms with Crippen molar-refractivity contribution in [2.24, 2.45) is 5.73 Å². The van der Waals surface area contributed by atoms with Crippen molar-refractivity contribution in [1.82, 2.24) is 5.32 Å². The van der Waals surface area contributed by atoms with Crippen molar-refractivity contribution in [3.63, 3.8) is 0 Å². The summed E-state index contributed by atoms with van der Waals surface area (Å²) in [5, 5.41) is 2.40. The Balaban J connectivity index is 2.56. The number of amides is 2. The Kier molecular flexibility index (Phi) is 4.92. The van der Waals surface area contributed by atoms with Gasteiger partial charge in [0.2, 0.25) is 5.91 Å². The largest absolute Gasteiger partial charge is 0.489 e. The minimum Gasteiger partial charge on any atom is -0.489 e. The SMILES string of the molecule is C=C(C)COc1ccc(C(=O)NCC(N)=O)cc1. The number of hydrogen-bond donors (Lipinski definition) is 2. The molecule has 1 aromatic rings. The van der Waals surface area contributed by atoms with Crippen molar-refractivity contribution < 1.29 is 14.3 Å². The van der Waals surface area contributed by atoms with Gasteiger partial charge in [0.05, 0.1) is 6.54 Å². The van der Waals surface area contributed by atoms with Crippen LogP contribution in [0.25, 0.3) is 0 Å². The summed E-state index contributed by atoms with van der Waals surface area (Å²) in [5.74, 6) is -0.269. The molecule has 0 bridgehead atoms. The molecule has 5 heteroatoms. The molecule has 2 amide bonds. The number of rotatable bonds is 6. The molecule has 1 aromatic carbocycles. The van der Waals surface area contributed by atoms with Crippen molar-refractivity contribution in [3.05, 3.63) is 42.0 Å². The molecule has 3 N–H and O–H groups in total. The maximum absolute atomic E-state index is 11.6. The number of carbonyl (C=O) groups is 2. The van der Waals surface area contributed by atoms with Crippen LogP contribution in [0.2, 0.25) is 0 Å². The molecule has 18 heavy (non-hydrogen) atoms. The predicted octanol–water partition coefficient (Wildman–Crippen LogP) is 0.857. The molecule has 0 unspecified atom stereocenters. The summed E-state index contributed by atoms with van der Waals surface area (Å²) in [7, 11) is 0. The minimum absolute atomic E-state index is 0.174. The fourth-order valence-electron chi connectivity index (χ4n) is 1.18. The van der Waals surface area contributed by atoms with Gasteiger partial charge >= 0.3 is 0 Å². The van der Waals surface area contributed by atoms with Crippen LogP contribution >= 0.6 is 0 Å². The Labute approximate surface area is 106 Å². The van der Waals surface area contributed by atoms with Crippen LogP contribution in [-0.2, 0) is 4.79 Å². The minimum atomic E-state index is -0.579. The first-order chi connectivity index (χ1) is 8.49. The van der Waals surface area contributed by atoms with Gasteiger partial charge in [-0.3, -0.25) is 9.59 Å². The molecule has 0 fully saturated rings. The summed E-state index contributed by atoms with van der Waals surface area (Å²) >= 11 is 0. The van der Waals surface area contributed by atoms with E-state index in [0.29, 0.717) is 17.9 Å². The fourth-order valence-corrected chi connectivity index (χ4v) is 1.18. The lowest BCUT2D eigenvalue weighted by Gasteiger charge is -2.07. The summed E-state index contributed by atoms with van der Waals surface area (Å²) in [6, 6.07) is 6.60. The molecule has 0 saturated carbocycles. The van der Waals surface area contributed by atoms with E-state index in [1.54, 1.807) is 24.3 Å². The number of nitrogens with two attached hydrogens (primary N) is 1. The normalized spacial score (nSPS) is 9.61. The topological polar surface area (TPSA) is 81.4 Å². The number of primary amides is 1. The first-order valence-electron chi connectivity index (χ1n) is 5.43. The molecule has 96 valence electrons. The van der Waals surface area contributed by atoms with E-state index >= 15 is 0 Å². The molecule has 0 spiro atoms. The van der Waals surface area contributed by atoms with Gasteiger partial charge in [-0.2, -0.15) is 0 Å². The molecule has 5 nitrogen and oxygen atoms in total. The first kappa shape index (κ1) is 13.8. The smallest absolute Gasteiger partial charge is 0.251 e. The van der Waals surface area contributed by atoms with Crippen molar-refractivity contribution in [2.45, 2.75) is 6.92 Å². The quantitative estimate of drug-likeness (QED) is 0.732. The van der Waals surface area contributed by atoms with Crippen molar-refractivity contribution in [2.75, 3.05) is 13.2 Å². The molecule has 0 saturated heterocycles. The number of carbonyl (C=O) groups excluding carboxylic acids is 2. The number of nitrogens with one attached hydrogen (secondary N) is 1. The van der Waals surface area contributed by atoms with Gasteiger partial charge in [0.25, 0.3) is 5.91 Å². The maximum Gasteiger partial charge on any atom is 0.251 e. The van der Waals surface area contributed by atoms with Gasteiger partial charge in [-0.15, -0.1) is 0 Å². The lowest BCUT2D eigenvalue weighted by molar-refractivity contribution is -0.117. The van der Waals surface area contributed by atoms with E-state index in [9.17, 15) is 9.59 Å². The van der Waals surface area contributed by atoms with Gasteiger partial charge in [-0.05, 0) is 36.8 Å². The third-order valence-electron chi connectivity index (χ3n) is 2.02. The average Bonchev–Trinajstić information content (AvgIpc) is 2.34.